The number of rotatable bonds is 36. The van der Waals surface area contributed by atoms with Crippen molar-refractivity contribution in [3.63, 3.8) is 0 Å². The molecule has 0 saturated carbocycles. The van der Waals surface area contributed by atoms with Gasteiger partial charge in [0.2, 0.25) is 0 Å². The molecule has 9 unspecified atom stereocenters. The maximum Gasteiger partial charge on any atom is 3.00 e. The Morgan fingerprint density at radius 2 is 0.534 bits per heavy atom. The van der Waals surface area contributed by atoms with E-state index in [2.05, 4.69) is 62.3 Å². The van der Waals surface area contributed by atoms with Crippen LogP contribution in [0.4, 0.5) is 0 Å². The average Bonchev–Trinajstić information content (AvgIpc) is 3.18. The molecule has 0 saturated heterocycles. The second-order valence-corrected chi connectivity index (χ2v) is 26.2. The van der Waals surface area contributed by atoms with Crippen molar-refractivity contribution in [2.24, 2.45) is 17.8 Å². The second kappa shape index (κ2) is 42.1. The Labute approximate surface area is 375 Å². The first-order chi connectivity index (χ1) is 26.9. The van der Waals surface area contributed by atoms with Gasteiger partial charge in [0.1, 0.15) is 0 Å². The van der Waals surface area contributed by atoms with Gasteiger partial charge in [0, 0.05) is 22.1 Å². The summed E-state index contributed by atoms with van der Waals surface area (Å²) in [5.41, 5.74) is -0.375. The Morgan fingerprint density at radius 3 is 0.707 bits per heavy atom. The molecule has 0 aliphatic heterocycles. The van der Waals surface area contributed by atoms with Crippen molar-refractivity contribution in [3.05, 3.63) is 0 Å². The molecule has 0 aromatic rings. The number of hydrogen-bond acceptors (Lipinski definition) is 6. The Morgan fingerprint density at radius 1 is 0.328 bits per heavy atom. The van der Waals surface area contributed by atoms with Gasteiger partial charge in [0.05, 0.1) is 0 Å². The summed E-state index contributed by atoms with van der Waals surface area (Å²) in [6.07, 6.45) is 31.0. The van der Waals surface area contributed by atoms with Crippen LogP contribution in [-0.2, 0) is 30.5 Å². The van der Waals surface area contributed by atoms with Gasteiger partial charge in [0.25, 0.3) is 0 Å². The van der Waals surface area contributed by atoms with Gasteiger partial charge in [-0.3, -0.25) is 0 Å². The summed E-state index contributed by atoms with van der Waals surface area (Å²) in [5, 5.41) is 0. The maximum absolute atomic E-state index is 12.4. The Hall–Kier alpha value is 1.08. The molecular weight excluding hydrogens is 824 g/mol. The Kier molecular flexibility index (Phi) is 47.6. The zero-order chi connectivity index (χ0) is 44.2. The molecule has 6 nitrogen and oxygen atoms in total. The van der Waals surface area contributed by atoms with Gasteiger partial charge < -0.3 is 28.4 Å². The van der Waals surface area contributed by atoms with E-state index in [-0.39, 0.29) is 33.8 Å². The first kappa shape index (κ1) is 65.7. The molecule has 0 heterocycles. The van der Waals surface area contributed by atoms with Crippen molar-refractivity contribution in [2.45, 2.75) is 273 Å². The van der Waals surface area contributed by atoms with Gasteiger partial charge in [-0.15, -0.1) is 0 Å². The topological polar surface area (TPSA) is 120 Å². The quantitative estimate of drug-likeness (QED) is 0.0456. The monoisotopic (exact) mass is 927 g/mol. The third-order valence-corrected chi connectivity index (χ3v) is 20.5. The zero-order valence-corrected chi connectivity index (χ0v) is 44.5. The third-order valence-electron chi connectivity index (χ3n) is 12.6. The van der Waals surface area contributed by atoms with Crippen LogP contribution >= 0.6 is 22.1 Å². The number of unbranched alkanes of at least 4 members (excludes halogenated alkanes) is 12. The van der Waals surface area contributed by atoms with Crippen LogP contribution < -0.4 is 14.7 Å². The normalized spacial score (nSPS) is 17.6. The molecule has 0 aliphatic rings. The first-order valence-electron chi connectivity index (χ1n) is 24.8. The second-order valence-electron chi connectivity index (χ2n) is 18.1. The van der Waals surface area contributed by atoms with Gasteiger partial charge in [-0.05, 0) is 72.5 Å². The molecule has 9 atom stereocenters. The fraction of sp³-hybridized carbons (Fsp3) is 1.00. The smallest absolute Gasteiger partial charge is 0.799 e. The fourth-order valence-corrected chi connectivity index (χ4v) is 13.9. The van der Waals surface area contributed by atoms with Crippen LogP contribution in [-0.4, -0.2) is 35.5 Å². The predicted molar refractivity (Wildman–Crippen MR) is 252 cm³/mol. The fourth-order valence-electron chi connectivity index (χ4n) is 7.56. The molecular formula is C48H102CoO6P3. The van der Waals surface area contributed by atoms with Crippen molar-refractivity contribution in [2.75, 3.05) is 18.5 Å². The van der Waals surface area contributed by atoms with Gasteiger partial charge in [-0.1, -0.05) is 237 Å². The molecule has 0 fully saturated rings. The zero-order valence-electron chi connectivity index (χ0n) is 40.8. The average molecular weight is 927 g/mol. The summed E-state index contributed by atoms with van der Waals surface area (Å²) in [4.78, 5) is 37.1. The molecule has 0 spiro atoms. The van der Waals surface area contributed by atoms with Crippen LogP contribution in [0.15, 0.2) is 0 Å². The minimum absolute atomic E-state index is 0. The molecule has 58 heavy (non-hydrogen) atoms. The SMILES string of the molecule is CCCCCCC(C)P(=O)([O-])CC(CC)CCCC.CCCCCCC(C)P(=O)([O-])CC(CC)CCCC.CCCCCCC(C)P(=O)([O-])CC(CC)CCCC.[Co+3]. The van der Waals surface area contributed by atoms with Gasteiger partial charge in [-0.2, -0.15) is 0 Å². The van der Waals surface area contributed by atoms with E-state index in [1.54, 1.807) is 0 Å². The first-order valence-corrected chi connectivity index (χ1v) is 30.5. The van der Waals surface area contributed by atoms with E-state index in [9.17, 15) is 28.4 Å². The largest absolute Gasteiger partial charge is 3.00 e. The molecule has 0 aliphatic carbocycles. The predicted octanol–water partition coefficient (Wildman–Crippen LogP) is 15.6. The standard InChI is InChI=1S/3C16H35O2P.Co/c3*1-5-8-10-11-12-15(4)19(17,18)14-16(7-3)13-9-6-2;/h3*15-16H,5-14H2,1-4H3,(H,17,18);/q;;;+3/p-3. The summed E-state index contributed by atoms with van der Waals surface area (Å²) < 4.78 is 37.1. The van der Waals surface area contributed by atoms with Gasteiger partial charge in [-0.25, -0.2) is 0 Å². The van der Waals surface area contributed by atoms with E-state index in [1.807, 2.05) is 20.8 Å². The van der Waals surface area contributed by atoms with Crippen molar-refractivity contribution in [1.82, 2.24) is 0 Å². The summed E-state index contributed by atoms with van der Waals surface area (Å²) in [6.45, 7) is 25.1. The van der Waals surface area contributed by atoms with Crippen molar-refractivity contribution >= 4 is 22.1 Å². The third kappa shape index (κ3) is 36.5. The van der Waals surface area contributed by atoms with E-state index in [4.69, 9.17) is 0 Å². The van der Waals surface area contributed by atoms with Crippen LogP contribution in [0.25, 0.3) is 0 Å². The van der Waals surface area contributed by atoms with Crippen LogP contribution in [0.5, 0.6) is 0 Å². The molecule has 0 bridgehead atoms. The van der Waals surface area contributed by atoms with Crippen molar-refractivity contribution in [3.8, 4) is 0 Å². The number of hydrogen-bond donors (Lipinski definition) is 0. The van der Waals surface area contributed by atoms with Gasteiger partial charge >= 0.3 is 16.8 Å². The van der Waals surface area contributed by atoms with E-state index < -0.39 is 22.1 Å². The molecule has 0 N–H and O–H groups in total. The van der Waals surface area contributed by atoms with E-state index in [0.717, 1.165) is 116 Å². The van der Waals surface area contributed by atoms with Crippen molar-refractivity contribution in [1.29, 1.82) is 0 Å². The molecule has 0 rings (SSSR count). The molecule has 354 valence electrons. The minimum Gasteiger partial charge on any atom is -0.799 e. The van der Waals surface area contributed by atoms with Crippen LogP contribution in [0.2, 0.25) is 0 Å². The Balaban J connectivity index is -0.000000374. The molecule has 0 amide bonds. The van der Waals surface area contributed by atoms with Gasteiger partial charge in [0.15, 0.2) is 0 Å². The van der Waals surface area contributed by atoms with E-state index in [0.29, 0.717) is 36.2 Å². The summed E-state index contributed by atoms with van der Waals surface area (Å²) in [5.74, 6) is 1.13. The summed E-state index contributed by atoms with van der Waals surface area (Å²) in [6, 6.07) is 0. The Bertz CT molecular complexity index is 890. The summed E-state index contributed by atoms with van der Waals surface area (Å²) >= 11 is 0. The van der Waals surface area contributed by atoms with Crippen molar-refractivity contribution < 1.29 is 45.2 Å². The van der Waals surface area contributed by atoms with Crippen LogP contribution in [0.3, 0.4) is 0 Å². The molecule has 0 aromatic carbocycles. The van der Waals surface area contributed by atoms with E-state index in [1.165, 1.54) is 57.8 Å². The van der Waals surface area contributed by atoms with E-state index >= 15 is 0 Å². The molecule has 0 radical (unpaired) electrons. The summed E-state index contributed by atoms with van der Waals surface area (Å²) in [7, 11) is -9.59. The molecule has 0 aromatic heterocycles. The minimum atomic E-state index is -3.20. The van der Waals surface area contributed by atoms with Crippen LogP contribution in [0.1, 0.15) is 256 Å². The molecule has 10 heteroatoms. The van der Waals surface area contributed by atoms with Crippen LogP contribution in [0, 0.1) is 17.8 Å². The maximum atomic E-state index is 12.4.